The predicted octanol–water partition coefficient (Wildman–Crippen LogP) is 2.32. The molecular formula is C9H12BrClN2O. The van der Waals surface area contributed by atoms with Crippen LogP contribution in [0.1, 0.15) is 12.5 Å². The molecule has 0 aromatic carbocycles. The van der Waals surface area contributed by atoms with Gasteiger partial charge in [0.1, 0.15) is 10.8 Å². The van der Waals surface area contributed by atoms with Crippen LogP contribution < -0.4 is 5.73 Å². The van der Waals surface area contributed by atoms with Gasteiger partial charge in [-0.05, 0) is 28.9 Å². The van der Waals surface area contributed by atoms with E-state index in [0.29, 0.717) is 11.7 Å². The Balaban J connectivity index is 3.22. The van der Waals surface area contributed by atoms with E-state index in [1.807, 2.05) is 13.0 Å². The Morgan fingerprint density at radius 3 is 2.86 bits per heavy atom. The molecule has 1 heterocycles. The fraction of sp³-hybridized carbons (Fsp3) is 0.444. The zero-order chi connectivity index (χ0) is 10.8. The second-order valence-electron chi connectivity index (χ2n) is 3.13. The van der Waals surface area contributed by atoms with Gasteiger partial charge in [0.05, 0.1) is 0 Å². The number of halogens is 2. The fourth-order valence-electron chi connectivity index (χ4n) is 1.10. The minimum absolute atomic E-state index is 0.349. The number of nitrogens with zero attached hydrogens (tertiary/aromatic N) is 1. The quantitative estimate of drug-likeness (QED) is 0.864. The Hall–Kier alpha value is -0.160. The molecule has 1 rings (SSSR count). The molecule has 0 fully saturated rings. The molecule has 5 heteroatoms. The van der Waals surface area contributed by atoms with Crippen molar-refractivity contribution < 1.29 is 4.74 Å². The van der Waals surface area contributed by atoms with Gasteiger partial charge in [0, 0.05) is 29.9 Å². The standard InChI is InChI=1S/C9H12BrClN2O/c1-9(5-12,14-2)7-3-6(10)4-13-8(7)11/h3-4H,5,12H2,1-2H3. The number of ether oxygens (including phenoxy) is 1. The zero-order valence-electron chi connectivity index (χ0n) is 8.05. The monoisotopic (exact) mass is 278 g/mol. The van der Waals surface area contributed by atoms with Crippen molar-refractivity contribution in [2.45, 2.75) is 12.5 Å². The van der Waals surface area contributed by atoms with Crippen LogP contribution in [0.25, 0.3) is 0 Å². The van der Waals surface area contributed by atoms with Crippen LogP contribution in [-0.2, 0) is 10.3 Å². The maximum Gasteiger partial charge on any atom is 0.135 e. The van der Waals surface area contributed by atoms with Gasteiger partial charge in [-0.3, -0.25) is 0 Å². The first-order chi connectivity index (χ1) is 6.53. The highest BCUT2D eigenvalue weighted by molar-refractivity contribution is 9.10. The molecule has 1 aromatic heterocycles. The van der Waals surface area contributed by atoms with E-state index in [1.165, 1.54) is 0 Å². The number of pyridine rings is 1. The summed E-state index contributed by atoms with van der Waals surface area (Å²) in [6, 6.07) is 1.87. The van der Waals surface area contributed by atoms with E-state index in [2.05, 4.69) is 20.9 Å². The third-order valence-electron chi connectivity index (χ3n) is 2.22. The van der Waals surface area contributed by atoms with Crippen molar-refractivity contribution >= 4 is 27.5 Å². The Labute approximate surface area is 96.7 Å². The lowest BCUT2D eigenvalue weighted by Crippen LogP contribution is -2.34. The molecule has 0 bridgehead atoms. The summed E-state index contributed by atoms with van der Waals surface area (Å²) in [6.07, 6.45) is 1.64. The van der Waals surface area contributed by atoms with E-state index in [1.54, 1.807) is 13.3 Å². The summed E-state index contributed by atoms with van der Waals surface area (Å²) >= 11 is 9.30. The minimum atomic E-state index is -0.589. The molecule has 1 aromatic rings. The van der Waals surface area contributed by atoms with Crippen LogP contribution in [0.5, 0.6) is 0 Å². The van der Waals surface area contributed by atoms with Crippen molar-refractivity contribution in [3.63, 3.8) is 0 Å². The molecule has 3 nitrogen and oxygen atoms in total. The van der Waals surface area contributed by atoms with Crippen LogP contribution in [-0.4, -0.2) is 18.6 Å². The summed E-state index contributed by atoms with van der Waals surface area (Å²) in [4.78, 5) is 4.02. The zero-order valence-corrected chi connectivity index (χ0v) is 10.4. The maximum absolute atomic E-state index is 5.97. The van der Waals surface area contributed by atoms with Crippen molar-refractivity contribution in [2.75, 3.05) is 13.7 Å². The van der Waals surface area contributed by atoms with Gasteiger partial charge >= 0.3 is 0 Å². The number of rotatable bonds is 3. The second kappa shape index (κ2) is 4.57. The molecule has 0 saturated heterocycles. The van der Waals surface area contributed by atoms with E-state index in [0.717, 1.165) is 10.0 Å². The molecule has 0 amide bonds. The summed E-state index contributed by atoms with van der Waals surface area (Å²) in [5.74, 6) is 0. The van der Waals surface area contributed by atoms with Crippen molar-refractivity contribution in [1.82, 2.24) is 4.98 Å². The number of hydrogen-bond acceptors (Lipinski definition) is 3. The summed E-state index contributed by atoms with van der Waals surface area (Å²) in [5, 5.41) is 0.419. The topological polar surface area (TPSA) is 48.1 Å². The second-order valence-corrected chi connectivity index (χ2v) is 4.40. The first-order valence-electron chi connectivity index (χ1n) is 4.10. The van der Waals surface area contributed by atoms with Crippen LogP contribution in [0.3, 0.4) is 0 Å². The van der Waals surface area contributed by atoms with E-state index in [9.17, 15) is 0 Å². The number of aromatic nitrogens is 1. The molecule has 2 N–H and O–H groups in total. The van der Waals surface area contributed by atoms with Gasteiger partial charge < -0.3 is 10.5 Å². The summed E-state index contributed by atoms with van der Waals surface area (Å²) < 4.78 is 6.19. The van der Waals surface area contributed by atoms with E-state index < -0.39 is 5.60 Å². The summed E-state index contributed by atoms with van der Waals surface area (Å²) in [5.41, 5.74) is 5.84. The van der Waals surface area contributed by atoms with Crippen molar-refractivity contribution in [3.8, 4) is 0 Å². The molecule has 0 spiro atoms. The first kappa shape index (κ1) is 11.9. The highest BCUT2D eigenvalue weighted by Crippen LogP contribution is 2.30. The number of hydrogen-bond donors (Lipinski definition) is 1. The van der Waals surface area contributed by atoms with Crippen molar-refractivity contribution in [1.29, 1.82) is 0 Å². The van der Waals surface area contributed by atoms with Crippen LogP contribution >= 0.6 is 27.5 Å². The van der Waals surface area contributed by atoms with E-state index >= 15 is 0 Å². The SMILES string of the molecule is COC(C)(CN)c1cc(Br)cnc1Cl. The molecule has 0 saturated carbocycles. The summed E-state index contributed by atoms with van der Waals surface area (Å²) in [7, 11) is 1.60. The van der Waals surface area contributed by atoms with Crippen LogP contribution in [0.4, 0.5) is 0 Å². The fourth-order valence-corrected chi connectivity index (χ4v) is 1.73. The van der Waals surface area contributed by atoms with Gasteiger partial charge in [-0.1, -0.05) is 11.6 Å². The minimum Gasteiger partial charge on any atom is -0.372 e. The normalized spacial score (nSPS) is 15.2. The lowest BCUT2D eigenvalue weighted by Gasteiger charge is -2.27. The highest BCUT2D eigenvalue weighted by Gasteiger charge is 2.27. The molecule has 14 heavy (non-hydrogen) atoms. The van der Waals surface area contributed by atoms with E-state index in [4.69, 9.17) is 22.1 Å². The van der Waals surface area contributed by atoms with E-state index in [-0.39, 0.29) is 0 Å². The van der Waals surface area contributed by atoms with Gasteiger partial charge in [-0.15, -0.1) is 0 Å². The predicted molar refractivity (Wildman–Crippen MR) is 60.4 cm³/mol. The molecule has 0 radical (unpaired) electrons. The van der Waals surface area contributed by atoms with Crippen molar-refractivity contribution in [2.24, 2.45) is 5.73 Å². The first-order valence-corrected chi connectivity index (χ1v) is 5.27. The number of methoxy groups -OCH3 is 1. The molecule has 0 aliphatic rings. The maximum atomic E-state index is 5.97. The lowest BCUT2D eigenvalue weighted by molar-refractivity contribution is 0.00985. The Bertz CT molecular complexity index is 329. The third kappa shape index (κ3) is 2.25. The van der Waals surface area contributed by atoms with Crippen LogP contribution in [0.2, 0.25) is 5.15 Å². The Morgan fingerprint density at radius 1 is 1.71 bits per heavy atom. The average molecular weight is 280 g/mol. The van der Waals surface area contributed by atoms with Crippen LogP contribution in [0.15, 0.2) is 16.7 Å². The molecule has 0 aliphatic heterocycles. The highest BCUT2D eigenvalue weighted by atomic mass is 79.9. The van der Waals surface area contributed by atoms with Gasteiger partial charge in [0.2, 0.25) is 0 Å². The van der Waals surface area contributed by atoms with Gasteiger partial charge in [0.15, 0.2) is 0 Å². The van der Waals surface area contributed by atoms with Crippen molar-refractivity contribution in [3.05, 3.63) is 27.5 Å². The molecule has 1 unspecified atom stereocenters. The molecule has 78 valence electrons. The summed E-state index contributed by atoms with van der Waals surface area (Å²) in [6.45, 7) is 2.23. The largest absolute Gasteiger partial charge is 0.372 e. The lowest BCUT2D eigenvalue weighted by atomic mass is 9.98. The number of nitrogens with two attached hydrogens (primary N) is 1. The average Bonchev–Trinajstić information content (AvgIpc) is 2.20. The Morgan fingerprint density at radius 2 is 2.36 bits per heavy atom. The van der Waals surface area contributed by atoms with Gasteiger partial charge in [-0.2, -0.15) is 0 Å². The smallest absolute Gasteiger partial charge is 0.135 e. The molecule has 1 atom stereocenters. The Kier molecular flexibility index (Phi) is 3.89. The van der Waals surface area contributed by atoms with Gasteiger partial charge in [-0.25, -0.2) is 4.98 Å². The molecule has 0 aliphatic carbocycles. The van der Waals surface area contributed by atoms with Crippen LogP contribution in [0, 0.1) is 0 Å². The molecular weight excluding hydrogens is 267 g/mol. The third-order valence-corrected chi connectivity index (χ3v) is 2.95. The van der Waals surface area contributed by atoms with Gasteiger partial charge in [0.25, 0.3) is 0 Å².